The van der Waals surface area contributed by atoms with Crippen molar-refractivity contribution < 1.29 is 9.90 Å². The van der Waals surface area contributed by atoms with Gasteiger partial charge in [0.1, 0.15) is 0 Å². The molecule has 3 atom stereocenters. The summed E-state index contributed by atoms with van der Waals surface area (Å²) in [6.45, 7) is 10.5. The lowest BCUT2D eigenvalue weighted by Gasteiger charge is -2.35. The molecule has 0 bridgehead atoms. The summed E-state index contributed by atoms with van der Waals surface area (Å²) in [7, 11) is 0. The van der Waals surface area contributed by atoms with Crippen LogP contribution < -0.4 is 10.6 Å². The lowest BCUT2D eigenvalue weighted by atomic mass is 9.91. The normalized spacial score (nSPS) is 22.4. The fraction of sp³-hybridized carbons (Fsp3) is 0.650. The predicted octanol–water partition coefficient (Wildman–Crippen LogP) is 2.73. The van der Waals surface area contributed by atoms with Crippen molar-refractivity contribution in [3.8, 4) is 0 Å². The first-order valence-corrected chi connectivity index (χ1v) is 9.41. The number of aliphatic hydroxyl groups excluding tert-OH is 1. The summed E-state index contributed by atoms with van der Waals surface area (Å²) in [4.78, 5) is 14.3. The number of nitrogens with one attached hydrogen (secondary N) is 2. The van der Waals surface area contributed by atoms with E-state index >= 15 is 0 Å². The first-order chi connectivity index (χ1) is 12.0. The zero-order valence-corrected chi connectivity index (χ0v) is 15.8. The average molecular weight is 348 g/mol. The highest BCUT2D eigenvalue weighted by molar-refractivity contribution is 5.74. The lowest BCUT2D eigenvalue weighted by Crippen LogP contribution is -2.40. The monoisotopic (exact) mass is 347 g/mol. The third-order valence-corrected chi connectivity index (χ3v) is 4.77. The van der Waals surface area contributed by atoms with Gasteiger partial charge in [0.25, 0.3) is 0 Å². The number of urea groups is 1. The Balaban J connectivity index is 1.77. The van der Waals surface area contributed by atoms with Gasteiger partial charge in [-0.15, -0.1) is 0 Å². The Morgan fingerprint density at radius 1 is 1.20 bits per heavy atom. The maximum atomic E-state index is 11.8. The second kappa shape index (κ2) is 9.78. The molecule has 140 valence electrons. The number of carbonyl (C=O) groups is 1. The molecule has 5 heteroatoms. The van der Waals surface area contributed by atoms with Crippen molar-refractivity contribution in [2.24, 2.45) is 11.8 Å². The highest BCUT2D eigenvalue weighted by Gasteiger charge is 2.21. The van der Waals surface area contributed by atoms with Gasteiger partial charge < -0.3 is 15.7 Å². The van der Waals surface area contributed by atoms with Gasteiger partial charge in [-0.05, 0) is 42.7 Å². The van der Waals surface area contributed by atoms with E-state index in [2.05, 4.69) is 53.6 Å². The molecular weight excluding hydrogens is 314 g/mol. The van der Waals surface area contributed by atoms with Crippen molar-refractivity contribution in [1.82, 2.24) is 15.5 Å². The average Bonchev–Trinajstić information content (AvgIpc) is 2.53. The quantitative estimate of drug-likeness (QED) is 0.711. The molecule has 25 heavy (non-hydrogen) atoms. The molecule has 0 saturated carbocycles. The molecule has 3 N–H and O–H groups in total. The minimum Gasteiger partial charge on any atom is -0.396 e. The van der Waals surface area contributed by atoms with Crippen LogP contribution in [-0.2, 0) is 13.1 Å². The molecular formula is C20H33N3O2. The molecule has 2 rings (SSSR count). The van der Waals surface area contributed by atoms with Crippen LogP contribution >= 0.6 is 0 Å². The Labute approximate surface area is 151 Å². The van der Waals surface area contributed by atoms with Crippen molar-refractivity contribution in [3.05, 3.63) is 35.4 Å². The summed E-state index contributed by atoms with van der Waals surface area (Å²) in [6.07, 6.45) is 1.90. The second-order valence-corrected chi connectivity index (χ2v) is 7.70. The Kier molecular flexibility index (Phi) is 7.72. The summed E-state index contributed by atoms with van der Waals surface area (Å²) in [5.41, 5.74) is 2.42. The second-order valence-electron chi connectivity index (χ2n) is 7.70. The van der Waals surface area contributed by atoms with Gasteiger partial charge in [0.05, 0.1) is 0 Å². The van der Waals surface area contributed by atoms with Gasteiger partial charge in [0, 0.05) is 38.8 Å². The number of nitrogens with zero attached hydrogens (tertiary/aromatic N) is 1. The molecule has 0 spiro atoms. The molecule has 2 unspecified atom stereocenters. The van der Waals surface area contributed by atoms with Gasteiger partial charge in [-0.3, -0.25) is 4.90 Å². The van der Waals surface area contributed by atoms with Crippen molar-refractivity contribution in [1.29, 1.82) is 0 Å². The molecule has 0 aromatic heterocycles. The van der Waals surface area contributed by atoms with E-state index in [9.17, 15) is 4.79 Å². The van der Waals surface area contributed by atoms with E-state index in [1.165, 1.54) is 25.1 Å². The van der Waals surface area contributed by atoms with E-state index in [0.29, 0.717) is 13.0 Å². The van der Waals surface area contributed by atoms with Gasteiger partial charge in [0.15, 0.2) is 0 Å². The summed E-state index contributed by atoms with van der Waals surface area (Å²) in [5.74, 6) is 1.55. The van der Waals surface area contributed by atoms with Crippen LogP contribution in [0.4, 0.5) is 4.79 Å². The fourth-order valence-electron chi connectivity index (χ4n) is 3.66. The molecule has 0 radical (unpaired) electrons. The van der Waals surface area contributed by atoms with Crippen LogP contribution in [-0.4, -0.2) is 41.8 Å². The maximum Gasteiger partial charge on any atom is 0.315 e. The Morgan fingerprint density at radius 3 is 2.40 bits per heavy atom. The van der Waals surface area contributed by atoms with E-state index in [0.717, 1.165) is 23.9 Å². The molecule has 1 aromatic carbocycles. The van der Waals surface area contributed by atoms with Crippen LogP contribution in [0.3, 0.4) is 0 Å². The number of piperidine rings is 1. The number of hydrogen-bond acceptors (Lipinski definition) is 3. The van der Waals surface area contributed by atoms with Crippen LogP contribution in [0.2, 0.25) is 0 Å². The lowest BCUT2D eigenvalue weighted by molar-refractivity contribution is 0.134. The Bertz CT molecular complexity index is 522. The summed E-state index contributed by atoms with van der Waals surface area (Å²) in [5, 5.41) is 14.5. The molecule has 1 aliphatic rings. The van der Waals surface area contributed by atoms with Crippen LogP contribution in [0.25, 0.3) is 0 Å². The SMILES string of the molecule is CC1CC(C)CN(Cc2ccc(CNC(=O)N[C@H](C)CCO)cc2)C1. The predicted molar refractivity (Wildman–Crippen MR) is 101 cm³/mol. The Hall–Kier alpha value is -1.59. The standard InChI is InChI=1S/C20H33N3O2/c1-15-10-16(2)13-23(12-15)14-19-6-4-18(5-7-19)11-21-20(25)22-17(3)8-9-24/h4-7,15-17,24H,8-14H2,1-3H3,(H2,21,22,25)/t15?,16?,17-/m1/s1. The maximum absolute atomic E-state index is 11.8. The number of benzene rings is 1. The molecule has 1 saturated heterocycles. The topological polar surface area (TPSA) is 64.6 Å². The highest BCUT2D eigenvalue weighted by atomic mass is 16.3. The van der Waals surface area contributed by atoms with Crippen molar-refractivity contribution >= 4 is 6.03 Å². The van der Waals surface area contributed by atoms with Gasteiger partial charge in [0.2, 0.25) is 0 Å². The van der Waals surface area contributed by atoms with Crippen molar-refractivity contribution in [3.63, 3.8) is 0 Å². The fourth-order valence-corrected chi connectivity index (χ4v) is 3.66. The third-order valence-electron chi connectivity index (χ3n) is 4.77. The molecule has 0 aliphatic carbocycles. The first kappa shape index (κ1) is 19.7. The smallest absolute Gasteiger partial charge is 0.315 e. The van der Waals surface area contributed by atoms with Gasteiger partial charge in [-0.1, -0.05) is 38.1 Å². The van der Waals surface area contributed by atoms with Crippen LogP contribution in [0.1, 0.15) is 44.7 Å². The summed E-state index contributed by atoms with van der Waals surface area (Å²) in [6, 6.07) is 8.27. The van der Waals surface area contributed by atoms with Crippen molar-refractivity contribution in [2.75, 3.05) is 19.7 Å². The minimum atomic E-state index is -0.193. The number of amides is 2. The van der Waals surface area contributed by atoms with Gasteiger partial charge in [-0.2, -0.15) is 0 Å². The number of aliphatic hydroxyl groups is 1. The minimum absolute atomic E-state index is 0.0262. The number of rotatable bonds is 7. The van der Waals surface area contributed by atoms with Crippen LogP contribution in [0, 0.1) is 11.8 Å². The largest absolute Gasteiger partial charge is 0.396 e. The molecule has 1 aliphatic heterocycles. The van der Waals surface area contributed by atoms with Crippen LogP contribution in [0.15, 0.2) is 24.3 Å². The van der Waals surface area contributed by atoms with Gasteiger partial charge in [-0.25, -0.2) is 4.79 Å². The van der Waals surface area contributed by atoms with E-state index in [-0.39, 0.29) is 18.7 Å². The molecule has 2 amide bonds. The third kappa shape index (κ3) is 7.04. The number of carbonyl (C=O) groups excluding carboxylic acids is 1. The molecule has 1 fully saturated rings. The van der Waals surface area contributed by atoms with E-state index in [1.54, 1.807) is 0 Å². The van der Waals surface area contributed by atoms with E-state index in [4.69, 9.17) is 5.11 Å². The molecule has 1 aromatic rings. The van der Waals surface area contributed by atoms with Crippen molar-refractivity contribution in [2.45, 2.75) is 52.7 Å². The van der Waals surface area contributed by atoms with Gasteiger partial charge >= 0.3 is 6.03 Å². The Morgan fingerprint density at radius 2 is 1.80 bits per heavy atom. The zero-order chi connectivity index (χ0) is 18.2. The molecule has 5 nitrogen and oxygen atoms in total. The summed E-state index contributed by atoms with van der Waals surface area (Å²) >= 11 is 0. The number of hydrogen-bond donors (Lipinski definition) is 3. The van der Waals surface area contributed by atoms with E-state index < -0.39 is 0 Å². The zero-order valence-electron chi connectivity index (χ0n) is 15.8. The van der Waals surface area contributed by atoms with E-state index in [1.807, 2.05) is 6.92 Å². The van der Waals surface area contributed by atoms with Crippen LogP contribution in [0.5, 0.6) is 0 Å². The highest BCUT2D eigenvalue weighted by Crippen LogP contribution is 2.22. The number of likely N-dealkylation sites (tertiary alicyclic amines) is 1. The first-order valence-electron chi connectivity index (χ1n) is 9.41. The summed E-state index contributed by atoms with van der Waals surface area (Å²) < 4.78 is 0. The molecule has 1 heterocycles.